The SMILES string of the molecule is CCCCOCCOCc1cccc(NC(=O)C2CCCC(N)C2)c1. The number of unbranched alkanes of at least 4 members (excludes halogenated alkanes) is 1. The monoisotopic (exact) mass is 348 g/mol. The largest absolute Gasteiger partial charge is 0.379 e. The molecule has 5 heteroatoms. The number of nitrogens with one attached hydrogen (secondary N) is 1. The number of carbonyl (C=O) groups excluding carboxylic acids is 1. The van der Waals surface area contributed by atoms with Gasteiger partial charge in [-0.25, -0.2) is 0 Å². The summed E-state index contributed by atoms with van der Waals surface area (Å²) in [5.74, 6) is 0.112. The van der Waals surface area contributed by atoms with Gasteiger partial charge in [-0.15, -0.1) is 0 Å². The van der Waals surface area contributed by atoms with E-state index in [1.165, 1.54) is 0 Å². The zero-order chi connectivity index (χ0) is 17.9. The predicted octanol–water partition coefficient (Wildman–Crippen LogP) is 3.48. The van der Waals surface area contributed by atoms with Crippen molar-refractivity contribution in [3.05, 3.63) is 29.8 Å². The van der Waals surface area contributed by atoms with Gasteiger partial charge < -0.3 is 20.5 Å². The van der Waals surface area contributed by atoms with Crippen LogP contribution >= 0.6 is 0 Å². The quantitative estimate of drug-likeness (QED) is 0.635. The highest BCUT2D eigenvalue weighted by Gasteiger charge is 2.25. The van der Waals surface area contributed by atoms with Crippen LogP contribution in [0.3, 0.4) is 0 Å². The Hall–Kier alpha value is -1.43. The Morgan fingerprint density at radius 2 is 2.08 bits per heavy atom. The highest BCUT2D eigenvalue weighted by molar-refractivity contribution is 5.92. The van der Waals surface area contributed by atoms with Gasteiger partial charge in [-0.2, -0.15) is 0 Å². The molecule has 2 rings (SSSR count). The standard InChI is InChI=1S/C20H32N2O3/c1-2-3-10-24-11-12-25-15-16-6-4-9-19(13-16)22-20(23)17-7-5-8-18(21)14-17/h4,6,9,13,17-18H,2-3,5,7-8,10-12,14-15,21H2,1H3,(H,22,23). The van der Waals surface area contributed by atoms with E-state index >= 15 is 0 Å². The molecule has 1 aromatic rings. The minimum absolute atomic E-state index is 0.0314. The number of nitrogens with two attached hydrogens (primary N) is 1. The van der Waals surface area contributed by atoms with Gasteiger partial charge in [0, 0.05) is 24.3 Å². The molecule has 0 spiro atoms. The molecule has 1 fully saturated rings. The van der Waals surface area contributed by atoms with Gasteiger partial charge in [-0.3, -0.25) is 4.79 Å². The second kappa shape index (κ2) is 11.2. The fourth-order valence-electron chi connectivity index (χ4n) is 3.11. The van der Waals surface area contributed by atoms with E-state index in [0.29, 0.717) is 19.8 Å². The molecule has 1 aliphatic rings. The molecule has 1 aliphatic carbocycles. The first kappa shape index (κ1) is 19.9. The molecule has 1 amide bonds. The van der Waals surface area contributed by atoms with Crippen LogP contribution in [0.25, 0.3) is 0 Å². The van der Waals surface area contributed by atoms with Crippen LogP contribution in [0.2, 0.25) is 0 Å². The Morgan fingerprint density at radius 1 is 1.24 bits per heavy atom. The second-order valence-corrected chi connectivity index (χ2v) is 6.83. The fraction of sp³-hybridized carbons (Fsp3) is 0.650. The van der Waals surface area contributed by atoms with E-state index in [-0.39, 0.29) is 17.9 Å². The maximum atomic E-state index is 12.4. The van der Waals surface area contributed by atoms with Gasteiger partial charge >= 0.3 is 0 Å². The third-order valence-electron chi connectivity index (χ3n) is 4.56. The average molecular weight is 348 g/mol. The van der Waals surface area contributed by atoms with Crippen LogP contribution in [0.1, 0.15) is 51.0 Å². The van der Waals surface area contributed by atoms with Crippen molar-refractivity contribution in [1.82, 2.24) is 0 Å². The van der Waals surface area contributed by atoms with Crippen LogP contribution in [0.5, 0.6) is 0 Å². The molecule has 1 aromatic carbocycles. The smallest absolute Gasteiger partial charge is 0.227 e. The number of anilines is 1. The van der Waals surface area contributed by atoms with Gasteiger partial charge in [0.1, 0.15) is 0 Å². The zero-order valence-corrected chi connectivity index (χ0v) is 15.3. The molecule has 0 aromatic heterocycles. The van der Waals surface area contributed by atoms with Crippen molar-refractivity contribution < 1.29 is 14.3 Å². The number of carbonyl (C=O) groups is 1. The number of amides is 1. The molecule has 0 aliphatic heterocycles. The van der Waals surface area contributed by atoms with Crippen LogP contribution < -0.4 is 11.1 Å². The lowest BCUT2D eigenvalue weighted by atomic mass is 9.85. The summed E-state index contributed by atoms with van der Waals surface area (Å²) in [6.45, 7) is 4.67. The van der Waals surface area contributed by atoms with Crippen LogP contribution in [0.4, 0.5) is 5.69 Å². The molecule has 0 bridgehead atoms. The molecule has 2 atom stereocenters. The van der Waals surface area contributed by atoms with Crippen LogP contribution in [-0.4, -0.2) is 31.8 Å². The summed E-state index contributed by atoms with van der Waals surface area (Å²) in [4.78, 5) is 12.4. The molecule has 5 nitrogen and oxygen atoms in total. The zero-order valence-electron chi connectivity index (χ0n) is 15.3. The average Bonchev–Trinajstić information content (AvgIpc) is 2.61. The van der Waals surface area contributed by atoms with Crippen molar-refractivity contribution in [1.29, 1.82) is 0 Å². The van der Waals surface area contributed by atoms with Crippen LogP contribution in [-0.2, 0) is 20.9 Å². The number of benzene rings is 1. The highest BCUT2D eigenvalue weighted by Crippen LogP contribution is 2.24. The summed E-state index contributed by atoms with van der Waals surface area (Å²) in [7, 11) is 0. The molecular formula is C20H32N2O3. The lowest BCUT2D eigenvalue weighted by molar-refractivity contribution is -0.120. The maximum absolute atomic E-state index is 12.4. The van der Waals surface area contributed by atoms with Gasteiger partial charge in [0.25, 0.3) is 0 Å². The van der Waals surface area contributed by atoms with Crippen LogP contribution in [0.15, 0.2) is 24.3 Å². The van der Waals surface area contributed by atoms with Gasteiger partial charge in [-0.1, -0.05) is 31.9 Å². The fourth-order valence-corrected chi connectivity index (χ4v) is 3.11. The minimum atomic E-state index is 0.0314. The maximum Gasteiger partial charge on any atom is 0.227 e. The van der Waals surface area contributed by atoms with Crippen LogP contribution in [0, 0.1) is 5.92 Å². The molecule has 0 radical (unpaired) electrons. The van der Waals surface area contributed by atoms with Crippen molar-refractivity contribution in [3.63, 3.8) is 0 Å². The summed E-state index contributed by atoms with van der Waals surface area (Å²) in [6, 6.07) is 7.99. The summed E-state index contributed by atoms with van der Waals surface area (Å²) in [6.07, 6.45) is 6.01. The molecule has 3 N–H and O–H groups in total. The van der Waals surface area contributed by atoms with Crippen molar-refractivity contribution in [2.24, 2.45) is 11.7 Å². The van der Waals surface area contributed by atoms with Crippen molar-refractivity contribution in [2.75, 3.05) is 25.1 Å². The van der Waals surface area contributed by atoms with E-state index in [9.17, 15) is 4.79 Å². The third kappa shape index (κ3) is 7.55. The van der Waals surface area contributed by atoms with E-state index in [0.717, 1.165) is 56.4 Å². The third-order valence-corrected chi connectivity index (χ3v) is 4.56. The molecule has 1 saturated carbocycles. The molecule has 0 heterocycles. The van der Waals surface area contributed by atoms with E-state index in [1.54, 1.807) is 0 Å². The van der Waals surface area contributed by atoms with E-state index < -0.39 is 0 Å². The van der Waals surface area contributed by atoms with Gasteiger partial charge in [0.15, 0.2) is 0 Å². The summed E-state index contributed by atoms with van der Waals surface area (Å²) < 4.78 is 11.1. The van der Waals surface area contributed by atoms with Gasteiger partial charge in [0.2, 0.25) is 5.91 Å². The number of rotatable bonds is 10. The van der Waals surface area contributed by atoms with E-state index in [2.05, 4.69) is 12.2 Å². The first-order chi connectivity index (χ1) is 12.2. The number of hydrogen-bond acceptors (Lipinski definition) is 4. The predicted molar refractivity (Wildman–Crippen MR) is 100 cm³/mol. The number of hydrogen-bond donors (Lipinski definition) is 2. The van der Waals surface area contributed by atoms with Gasteiger partial charge in [-0.05, 0) is 43.4 Å². The first-order valence-corrected chi connectivity index (χ1v) is 9.50. The topological polar surface area (TPSA) is 73.6 Å². The summed E-state index contributed by atoms with van der Waals surface area (Å²) >= 11 is 0. The first-order valence-electron chi connectivity index (χ1n) is 9.50. The van der Waals surface area contributed by atoms with Crippen molar-refractivity contribution in [3.8, 4) is 0 Å². The lowest BCUT2D eigenvalue weighted by Gasteiger charge is -2.25. The Labute approximate surface area is 151 Å². The van der Waals surface area contributed by atoms with Crippen molar-refractivity contribution >= 4 is 11.6 Å². The minimum Gasteiger partial charge on any atom is -0.379 e. The molecule has 25 heavy (non-hydrogen) atoms. The molecule has 0 saturated heterocycles. The summed E-state index contributed by atoms with van der Waals surface area (Å²) in [5, 5.41) is 3.02. The van der Waals surface area contributed by atoms with E-state index in [4.69, 9.17) is 15.2 Å². The molecule has 140 valence electrons. The highest BCUT2D eigenvalue weighted by atomic mass is 16.5. The Morgan fingerprint density at radius 3 is 2.88 bits per heavy atom. The van der Waals surface area contributed by atoms with Crippen molar-refractivity contribution in [2.45, 2.75) is 58.1 Å². The molecular weight excluding hydrogens is 316 g/mol. The lowest BCUT2D eigenvalue weighted by Crippen LogP contribution is -2.34. The number of ether oxygens (including phenoxy) is 2. The second-order valence-electron chi connectivity index (χ2n) is 6.83. The Kier molecular flexibility index (Phi) is 8.94. The molecule has 2 unspecified atom stereocenters. The summed E-state index contributed by atoms with van der Waals surface area (Å²) in [5.41, 5.74) is 7.85. The Bertz CT molecular complexity index is 521. The van der Waals surface area contributed by atoms with Gasteiger partial charge in [0.05, 0.1) is 19.8 Å². The normalized spacial score (nSPS) is 20.4. The van der Waals surface area contributed by atoms with E-state index in [1.807, 2.05) is 24.3 Å². The Balaban J connectivity index is 1.72.